The lowest BCUT2D eigenvalue weighted by Crippen LogP contribution is -1.30. The Labute approximate surface area is 36.8 Å². The van der Waals surface area contributed by atoms with Crippen molar-refractivity contribution < 1.29 is 0 Å². The molecule has 1 nitrogen and oxygen atoms in total. The first kappa shape index (κ1) is 3.34. The first-order chi connectivity index (χ1) is 2.89. The lowest BCUT2D eigenvalue weighted by molar-refractivity contribution is 2.02. The second-order valence-electron chi connectivity index (χ2n) is 1.17. The number of nitrogens with one attached hydrogen (secondary N) is 1. The summed E-state index contributed by atoms with van der Waals surface area (Å²) in [6.45, 7) is 0. The molecule has 1 rings (SSSR count). The maximum Gasteiger partial charge on any atom is -0.185 e. The second kappa shape index (κ2) is 1.09. The van der Waals surface area contributed by atoms with Gasteiger partial charge >= 0.3 is 0 Å². The van der Waals surface area contributed by atoms with Crippen molar-refractivity contribution in [1.82, 2.24) is 0 Å². The van der Waals surface area contributed by atoms with Gasteiger partial charge in [0.05, 0.1) is 0 Å². The molecule has 1 heteroatoms. The summed E-state index contributed by atoms with van der Waals surface area (Å²) in [7, 11) is 0. The lowest BCUT2D eigenvalue weighted by Gasteiger charge is -1.96. The Morgan fingerprint density at radius 2 is 2.50 bits per heavy atom. The fraction of sp³-hybridized carbons (Fsp3) is 0. The van der Waals surface area contributed by atoms with Crippen LogP contribution in [-0.4, -0.2) is 0 Å². The van der Waals surface area contributed by atoms with E-state index >= 15 is 0 Å². The molecule has 0 fully saturated rings. The largest absolute Gasteiger partial charge is 0.720 e. The van der Waals surface area contributed by atoms with E-state index in [-0.39, 0.29) is 0 Å². The molecule has 0 spiro atoms. The van der Waals surface area contributed by atoms with Crippen molar-refractivity contribution in [1.29, 1.82) is 0 Å². The van der Waals surface area contributed by atoms with Gasteiger partial charge in [-0.3, -0.25) is 5.69 Å². The predicted octanol–water partition coefficient (Wildman–Crippen LogP) is 2.09. The molecule has 0 aliphatic carbocycles. The third-order valence-electron chi connectivity index (χ3n) is 0.663. The van der Waals surface area contributed by atoms with Gasteiger partial charge < -0.3 is 5.73 Å². The number of hydrogen-bond acceptors (Lipinski definition) is 0. The minimum Gasteiger partial charge on any atom is -0.720 e. The molecule has 0 saturated carbocycles. The quantitative estimate of drug-likeness (QED) is 0.425. The van der Waals surface area contributed by atoms with E-state index in [0.29, 0.717) is 5.69 Å². The van der Waals surface area contributed by atoms with Crippen LogP contribution in [0, 0.1) is 0 Å². The zero-order valence-corrected chi connectivity index (χ0v) is 3.31. The summed E-state index contributed by atoms with van der Waals surface area (Å²) in [6.07, 6.45) is 0. The molecule has 0 amide bonds. The van der Waals surface area contributed by atoms with Gasteiger partial charge in [0.15, 0.2) is 0 Å². The van der Waals surface area contributed by atoms with Crippen LogP contribution in [0.4, 0.5) is 5.69 Å². The minimum atomic E-state index is 0.593. The van der Waals surface area contributed by atoms with Crippen molar-refractivity contribution >= 4 is 5.69 Å². The maximum absolute atomic E-state index is 6.88. The lowest BCUT2D eigenvalue weighted by atomic mass is 10.6. The van der Waals surface area contributed by atoms with Crippen molar-refractivity contribution in [3.8, 4) is 0 Å². The van der Waals surface area contributed by atoms with Crippen LogP contribution < -0.4 is 0 Å². The number of hydrogen-bond donors (Lipinski definition) is 0. The molecule has 6 heavy (non-hydrogen) atoms. The Kier molecular flexibility index (Phi) is 0.607. The molecular formula is C5H5N-2. The van der Waals surface area contributed by atoms with Gasteiger partial charge in [0.25, 0.3) is 0 Å². The van der Waals surface area contributed by atoms with E-state index in [0.717, 1.165) is 0 Å². The SMILES string of the molecule is [NH-]c1ccc[cH-]1. The first-order valence-electron chi connectivity index (χ1n) is 1.83. The first-order valence-corrected chi connectivity index (χ1v) is 1.83. The molecule has 0 aliphatic heterocycles. The molecule has 0 aliphatic rings. The Hall–Kier alpha value is -0.850. The highest BCUT2D eigenvalue weighted by Crippen LogP contribution is 2.06. The summed E-state index contributed by atoms with van der Waals surface area (Å²) in [5, 5.41) is 0. The molecule has 0 heterocycles. The van der Waals surface area contributed by atoms with Crippen LogP contribution >= 0.6 is 0 Å². The summed E-state index contributed by atoms with van der Waals surface area (Å²) in [4.78, 5) is 0. The summed E-state index contributed by atoms with van der Waals surface area (Å²) >= 11 is 0. The predicted molar refractivity (Wildman–Crippen MR) is 26.0 cm³/mol. The topological polar surface area (TPSA) is 23.8 Å². The van der Waals surface area contributed by atoms with E-state index in [1.165, 1.54) is 0 Å². The molecule has 1 aromatic rings. The standard InChI is InChI=1S/C5H5N/c6-5-3-1-2-4-5/h1-4,6H/q-2. The number of rotatable bonds is 0. The fourth-order valence-electron chi connectivity index (χ4n) is 0.374. The van der Waals surface area contributed by atoms with E-state index in [4.69, 9.17) is 5.73 Å². The van der Waals surface area contributed by atoms with Gasteiger partial charge in [0, 0.05) is 0 Å². The third kappa shape index (κ3) is 0.385. The molecule has 1 aromatic carbocycles. The highest BCUT2D eigenvalue weighted by atomic mass is 14.5. The van der Waals surface area contributed by atoms with Crippen molar-refractivity contribution in [2.75, 3.05) is 0 Å². The average molecular weight is 79.1 g/mol. The van der Waals surface area contributed by atoms with Gasteiger partial charge in [0.2, 0.25) is 0 Å². The normalized spacial score (nSPS) is 8.67. The van der Waals surface area contributed by atoms with Crippen LogP contribution in [-0.2, 0) is 0 Å². The highest BCUT2D eigenvalue weighted by molar-refractivity contribution is 5.42. The second-order valence-corrected chi connectivity index (χ2v) is 1.17. The summed E-state index contributed by atoms with van der Waals surface area (Å²) in [6, 6.07) is 7.20. The molecular weight excluding hydrogens is 74.1 g/mol. The van der Waals surface area contributed by atoms with Crippen molar-refractivity contribution in [2.24, 2.45) is 0 Å². The molecule has 0 saturated heterocycles. The smallest absolute Gasteiger partial charge is 0.185 e. The van der Waals surface area contributed by atoms with Crippen LogP contribution in [0.5, 0.6) is 0 Å². The molecule has 0 atom stereocenters. The highest BCUT2D eigenvalue weighted by Gasteiger charge is 1.52. The summed E-state index contributed by atoms with van der Waals surface area (Å²) in [5.41, 5.74) is 7.47. The summed E-state index contributed by atoms with van der Waals surface area (Å²) in [5.74, 6) is 0. The van der Waals surface area contributed by atoms with E-state index in [1.807, 2.05) is 12.1 Å². The van der Waals surface area contributed by atoms with Crippen LogP contribution in [0.15, 0.2) is 24.3 Å². The monoisotopic (exact) mass is 79.0 g/mol. The minimum absolute atomic E-state index is 0.593. The molecule has 0 unspecified atom stereocenters. The van der Waals surface area contributed by atoms with Crippen molar-refractivity contribution in [2.45, 2.75) is 0 Å². The zero-order chi connectivity index (χ0) is 4.41. The van der Waals surface area contributed by atoms with Crippen molar-refractivity contribution in [3.05, 3.63) is 30.0 Å². The van der Waals surface area contributed by atoms with Crippen LogP contribution in [0.3, 0.4) is 0 Å². The van der Waals surface area contributed by atoms with Crippen LogP contribution in [0.1, 0.15) is 0 Å². The van der Waals surface area contributed by atoms with Gasteiger partial charge in [-0.05, 0) is 0 Å². The van der Waals surface area contributed by atoms with Gasteiger partial charge in [-0.15, -0.1) is 0 Å². The Morgan fingerprint density at radius 1 is 1.67 bits per heavy atom. The Balaban J connectivity index is 3.05. The average Bonchev–Trinajstić information content (AvgIpc) is 1.86. The summed E-state index contributed by atoms with van der Waals surface area (Å²) < 4.78 is 0. The van der Waals surface area contributed by atoms with Crippen LogP contribution in [0.2, 0.25) is 0 Å². The molecule has 0 radical (unpaired) electrons. The van der Waals surface area contributed by atoms with E-state index in [1.54, 1.807) is 12.1 Å². The molecule has 1 N–H and O–H groups in total. The fourth-order valence-corrected chi connectivity index (χ4v) is 0.374. The van der Waals surface area contributed by atoms with Gasteiger partial charge in [-0.2, -0.15) is 12.1 Å². The van der Waals surface area contributed by atoms with E-state index in [2.05, 4.69) is 0 Å². The zero-order valence-electron chi connectivity index (χ0n) is 3.31. The Morgan fingerprint density at radius 3 is 2.67 bits per heavy atom. The van der Waals surface area contributed by atoms with E-state index in [9.17, 15) is 0 Å². The molecule has 32 valence electrons. The third-order valence-corrected chi connectivity index (χ3v) is 0.663. The van der Waals surface area contributed by atoms with E-state index < -0.39 is 0 Å². The van der Waals surface area contributed by atoms with Crippen LogP contribution in [0.25, 0.3) is 5.73 Å². The van der Waals surface area contributed by atoms with Gasteiger partial charge in [0.1, 0.15) is 0 Å². The Bertz CT molecular complexity index is 107. The molecule has 0 bridgehead atoms. The maximum atomic E-state index is 6.88. The molecule has 0 aromatic heterocycles. The van der Waals surface area contributed by atoms with Crippen molar-refractivity contribution in [3.63, 3.8) is 0 Å². The van der Waals surface area contributed by atoms with Gasteiger partial charge in [-0.25, -0.2) is 12.1 Å². The van der Waals surface area contributed by atoms with Gasteiger partial charge in [-0.1, -0.05) is 0 Å².